The monoisotopic (exact) mass is 356 g/mol. The Bertz CT molecular complexity index is 550. The van der Waals surface area contributed by atoms with Gasteiger partial charge in [-0.05, 0) is 47.0 Å². The summed E-state index contributed by atoms with van der Waals surface area (Å²) in [6.45, 7) is 0.825. The van der Waals surface area contributed by atoms with Crippen LogP contribution in [0.25, 0.3) is 0 Å². The number of urea groups is 1. The standard InChI is InChI=1S/C14H17BrN2O4/c1-21-12-5-4-10(7-11(12)15)16-14(20)17-6-2-3-9(8-17)13(18)19/h4-5,7,9H,2-3,6,8H2,1H3,(H,16,20)(H,18,19)/t9-/m0/s1. The fourth-order valence-electron chi connectivity index (χ4n) is 2.31. The van der Waals surface area contributed by atoms with Crippen molar-refractivity contribution in [1.29, 1.82) is 0 Å². The summed E-state index contributed by atoms with van der Waals surface area (Å²) in [6, 6.07) is 4.95. The summed E-state index contributed by atoms with van der Waals surface area (Å²) >= 11 is 3.35. The fourth-order valence-corrected chi connectivity index (χ4v) is 2.85. The Hall–Kier alpha value is -1.76. The average Bonchev–Trinajstić information content (AvgIpc) is 2.47. The number of aliphatic carboxylic acids is 1. The summed E-state index contributed by atoms with van der Waals surface area (Å²) in [5, 5.41) is 11.8. The van der Waals surface area contributed by atoms with Crippen molar-refractivity contribution in [2.75, 3.05) is 25.5 Å². The number of anilines is 1. The molecular weight excluding hydrogens is 340 g/mol. The van der Waals surface area contributed by atoms with E-state index in [0.29, 0.717) is 30.8 Å². The Balaban J connectivity index is 2.00. The van der Waals surface area contributed by atoms with Crippen LogP contribution in [0.3, 0.4) is 0 Å². The molecule has 21 heavy (non-hydrogen) atoms. The predicted molar refractivity (Wildman–Crippen MR) is 81.6 cm³/mol. The van der Waals surface area contributed by atoms with Gasteiger partial charge in [0.05, 0.1) is 17.5 Å². The molecule has 2 rings (SSSR count). The first-order valence-corrected chi connectivity index (χ1v) is 7.43. The molecule has 0 aliphatic carbocycles. The highest BCUT2D eigenvalue weighted by Gasteiger charge is 2.28. The lowest BCUT2D eigenvalue weighted by molar-refractivity contribution is -0.143. The molecule has 1 aromatic rings. The van der Waals surface area contributed by atoms with E-state index in [4.69, 9.17) is 9.84 Å². The maximum Gasteiger partial charge on any atom is 0.321 e. The van der Waals surface area contributed by atoms with Crippen molar-refractivity contribution in [2.45, 2.75) is 12.8 Å². The second kappa shape index (κ2) is 6.80. The number of ether oxygens (including phenoxy) is 1. The highest BCUT2D eigenvalue weighted by atomic mass is 79.9. The average molecular weight is 357 g/mol. The van der Waals surface area contributed by atoms with Crippen LogP contribution in [0.15, 0.2) is 22.7 Å². The van der Waals surface area contributed by atoms with E-state index in [1.54, 1.807) is 30.2 Å². The van der Waals surface area contributed by atoms with E-state index in [0.717, 1.165) is 4.47 Å². The number of carboxylic acids is 1. The highest BCUT2D eigenvalue weighted by molar-refractivity contribution is 9.10. The van der Waals surface area contributed by atoms with Crippen molar-refractivity contribution in [3.05, 3.63) is 22.7 Å². The first-order chi connectivity index (χ1) is 10.0. The number of rotatable bonds is 3. The van der Waals surface area contributed by atoms with Crippen molar-refractivity contribution < 1.29 is 19.4 Å². The number of likely N-dealkylation sites (tertiary alicyclic amines) is 1. The summed E-state index contributed by atoms with van der Waals surface area (Å²) in [5.41, 5.74) is 0.630. The zero-order valence-corrected chi connectivity index (χ0v) is 13.2. The van der Waals surface area contributed by atoms with Crippen molar-refractivity contribution >= 4 is 33.6 Å². The normalized spacial score (nSPS) is 18.2. The number of benzene rings is 1. The van der Waals surface area contributed by atoms with Crippen LogP contribution in [0.5, 0.6) is 5.75 Å². The molecule has 0 unspecified atom stereocenters. The zero-order chi connectivity index (χ0) is 15.4. The summed E-state index contributed by atoms with van der Waals surface area (Å²) in [7, 11) is 1.57. The van der Waals surface area contributed by atoms with Crippen LogP contribution in [0.2, 0.25) is 0 Å². The number of hydrogen-bond acceptors (Lipinski definition) is 3. The third-order valence-corrected chi connectivity index (χ3v) is 4.08. The molecule has 0 bridgehead atoms. The minimum absolute atomic E-state index is 0.249. The molecule has 1 fully saturated rings. The maximum absolute atomic E-state index is 12.2. The Morgan fingerprint density at radius 2 is 2.24 bits per heavy atom. The molecule has 2 amide bonds. The van der Waals surface area contributed by atoms with Gasteiger partial charge in [0.2, 0.25) is 0 Å². The lowest BCUT2D eigenvalue weighted by Gasteiger charge is -2.30. The molecule has 114 valence electrons. The van der Waals surface area contributed by atoms with Gasteiger partial charge in [-0.25, -0.2) is 4.79 Å². The minimum Gasteiger partial charge on any atom is -0.496 e. The van der Waals surface area contributed by atoms with Crippen LogP contribution < -0.4 is 10.1 Å². The number of nitrogens with one attached hydrogen (secondary N) is 1. The van der Waals surface area contributed by atoms with Gasteiger partial charge >= 0.3 is 12.0 Å². The number of nitrogens with zero attached hydrogens (tertiary/aromatic N) is 1. The van der Waals surface area contributed by atoms with Crippen LogP contribution in [-0.2, 0) is 4.79 Å². The summed E-state index contributed by atoms with van der Waals surface area (Å²) in [4.78, 5) is 24.7. The smallest absolute Gasteiger partial charge is 0.321 e. The van der Waals surface area contributed by atoms with Gasteiger partial charge in [-0.15, -0.1) is 0 Å². The Morgan fingerprint density at radius 1 is 1.48 bits per heavy atom. The molecule has 1 aliphatic heterocycles. The molecule has 6 nitrogen and oxygen atoms in total. The first kappa shape index (κ1) is 15.6. The number of methoxy groups -OCH3 is 1. The predicted octanol–water partition coefficient (Wildman–Crippen LogP) is 2.79. The van der Waals surface area contributed by atoms with Crippen molar-refractivity contribution in [1.82, 2.24) is 4.90 Å². The number of amides is 2. The van der Waals surface area contributed by atoms with E-state index in [9.17, 15) is 9.59 Å². The number of hydrogen-bond donors (Lipinski definition) is 2. The zero-order valence-electron chi connectivity index (χ0n) is 11.6. The molecule has 0 saturated carbocycles. The molecule has 0 aromatic heterocycles. The van der Waals surface area contributed by atoms with Gasteiger partial charge in [-0.1, -0.05) is 0 Å². The van der Waals surface area contributed by atoms with Crippen LogP contribution in [-0.4, -0.2) is 42.2 Å². The highest BCUT2D eigenvalue weighted by Crippen LogP contribution is 2.28. The van der Waals surface area contributed by atoms with E-state index in [1.165, 1.54) is 0 Å². The molecule has 7 heteroatoms. The third kappa shape index (κ3) is 3.87. The van der Waals surface area contributed by atoms with Gasteiger partial charge in [0.15, 0.2) is 0 Å². The Labute approximate surface area is 131 Å². The molecule has 0 spiro atoms. The Kier molecular flexibility index (Phi) is 5.06. The van der Waals surface area contributed by atoms with Crippen LogP contribution in [0.1, 0.15) is 12.8 Å². The quantitative estimate of drug-likeness (QED) is 0.872. The van der Waals surface area contributed by atoms with Crippen molar-refractivity contribution in [3.8, 4) is 5.75 Å². The number of carboxylic acid groups (broad SMARTS) is 1. The van der Waals surface area contributed by atoms with Crippen LogP contribution in [0, 0.1) is 5.92 Å². The maximum atomic E-state index is 12.2. The molecule has 1 atom stereocenters. The summed E-state index contributed by atoms with van der Waals surface area (Å²) in [6.07, 6.45) is 1.32. The van der Waals surface area contributed by atoms with E-state index < -0.39 is 11.9 Å². The second-order valence-corrected chi connectivity index (χ2v) is 5.76. The van der Waals surface area contributed by atoms with Gasteiger partial charge < -0.3 is 20.1 Å². The Morgan fingerprint density at radius 3 is 2.86 bits per heavy atom. The molecule has 0 radical (unpaired) electrons. The van der Waals surface area contributed by atoms with Crippen LogP contribution >= 0.6 is 15.9 Å². The van der Waals surface area contributed by atoms with Gasteiger partial charge in [0.1, 0.15) is 5.75 Å². The van der Waals surface area contributed by atoms with Gasteiger partial charge in [0, 0.05) is 18.8 Å². The lowest BCUT2D eigenvalue weighted by atomic mass is 9.99. The third-order valence-electron chi connectivity index (χ3n) is 3.46. The number of halogens is 1. The lowest BCUT2D eigenvalue weighted by Crippen LogP contribution is -2.44. The fraction of sp³-hybridized carbons (Fsp3) is 0.429. The molecule has 1 saturated heterocycles. The second-order valence-electron chi connectivity index (χ2n) is 4.90. The summed E-state index contributed by atoms with van der Waals surface area (Å²) in [5.74, 6) is -0.649. The molecular formula is C14H17BrN2O4. The topological polar surface area (TPSA) is 78.9 Å². The van der Waals surface area contributed by atoms with Crippen molar-refractivity contribution in [2.24, 2.45) is 5.92 Å². The number of piperidine rings is 1. The van der Waals surface area contributed by atoms with Crippen LogP contribution in [0.4, 0.5) is 10.5 Å². The van der Waals surface area contributed by atoms with Gasteiger partial charge in [-0.3, -0.25) is 4.79 Å². The minimum atomic E-state index is -0.848. The van der Waals surface area contributed by atoms with E-state index >= 15 is 0 Å². The SMILES string of the molecule is COc1ccc(NC(=O)N2CCC[C@H](C(=O)O)C2)cc1Br. The molecule has 1 heterocycles. The van der Waals surface area contributed by atoms with E-state index in [2.05, 4.69) is 21.2 Å². The largest absolute Gasteiger partial charge is 0.496 e. The van der Waals surface area contributed by atoms with Crippen molar-refractivity contribution in [3.63, 3.8) is 0 Å². The summed E-state index contributed by atoms with van der Waals surface area (Å²) < 4.78 is 5.87. The molecule has 1 aliphatic rings. The molecule has 1 aromatic carbocycles. The molecule has 2 N–H and O–H groups in total. The first-order valence-electron chi connectivity index (χ1n) is 6.63. The van der Waals surface area contributed by atoms with Gasteiger partial charge in [0.25, 0.3) is 0 Å². The van der Waals surface area contributed by atoms with E-state index in [1.807, 2.05) is 0 Å². The number of carbonyl (C=O) groups is 2. The van der Waals surface area contributed by atoms with E-state index in [-0.39, 0.29) is 12.6 Å². The number of carbonyl (C=O) groups excluding carboxylic acids is 1. The van der Waals surface area contributed by atoms with Gasteiger partial charge in [-0.2, -0.15) is 0 Å².